The second-order valence-corrected chi connectivity index (χ2v) is 6.81. The molecule has 0 aliphatic carbocycles. The Morgan fingerprint density at radius 2 is 1.73 bits per heavy atom. The highest BCUT2D eigenvalue weighted by Gasteiger charge is 2.20. The van der Waals surface area contributed by atoms with E-state index in [9.17, 15) is 4.57 Å². The zero-order valence-corrected chi connectivity index (χ0v) is 10.8. The van der Waals surface area contributed by atoms with Gasteiger partial charge in [0.2, 0.25) is 0 Å². The van der Waals surface area contributed by atoms with Gasteiger partial charge < -0.3 is 9.05 Å². The molecule has 0 atom stereocenters. The van der Waals surface area contributed by atoms with Crippen molar-refractivity contribution >= 4 is 19.4 Å². The van der Waals surface area contributed by atoms with Crippen molar-refractivity contribution in [3.63, 3.8) is 0 Å². The van der Waals surface area contributed by atoms with Crippen molar-refractivity contribution in [1.29, 1.82) is 0 Å². The van der Waals surface area contributed by atoms with Crippen LogP contribution in [0.4, 0.5) is 0 Å². The van der Waals surface area contributed by atoms with Crippen LogP contribution in [0, 0.1) is 6.92 Å². The van der Waals surface area contributed by atoms with E-state index < -0.39 is 7.60 Å². The monoisotopic (exact) mass is 246 g/mol. The van der Waals surface area contributed by atoms with Crippen LogP contribution in [-0.4, -0.2) is 19.7 Å². The first-order valence-electron chi connectivity index (χ1n) is 4.49. The van der Waals surface area contributed by atoms with Gasteiger partial charge in [-0.05, 0) is 19.1 Å². The summed E-state index contributed by atoms with van der Waals surface area (Å²) in [4.78, 5) is 1.06. The van der Waals surface area contributed by atoms with Crippen LogP contribution in [0.5, 0.6) is 0 Å². The van der Waals surface area contributed by atoms with Gasteiger partial charge >= 0.3 is 7.60 Å². The summed E-state index contributed by atoms with van der Waals surface area (Å²) in [5, 5.41) is 0. The number of rotatable bonds is 5. The zero-order chi connectivity index (χ0) is 11.3. The van der Waals surface area contributed by atoms with E-state index in [1.54, 1.807) is 0 Å². The van der Waals surface area contributed by atoms with E-state index in [1.807, 2.05) is 31.2 Å². The van der Waals surface area contributed by atoms with Gasteiger partial charge in [-0.3, -0.25) is 4.57 Å². The van der Waals surface area contributed by atoms with Gasteiger partial charge in [0, 0.05) is 19.1 Å². The summed E-state index contributed by atoms with van der Waals surface area (Å²) in [6.45, 7) is 2.03. The van der Waals surface area contributed by atoms with Gasteiger partial charge in [-0.2, -0.15) is 0 Å². The van der Waals surface area contributed by atoms with E-state index in [-0.39, 0.29) is 0 Å². The molecular formula is C10H15O3PS. The fourth-order valence-electron chi connectivity index (χ4n) is 0.968. The van der Waals surface area contributed by atoms with Crippen LogP contribution in [0.3, 0.4) is 0 Å². The summed E-state index contributed by atoms with van der Waals surface area (Å²) in [7, 11) is -0.0900. The summed E-state index contributed by atoms with van der Waals surface area (Å²) in [6.07, 6.45) is 0. The molecule has 0 aliphatic rings. The molecule has 1 rings (SSSR count). The molecule has 1 aromatic carbocycles. The normalized spacial score (nSPS) is 11.7. The van der Waals surface area contributed by atoms with Gasteiger partial charge in [-0.25, -0.2) is 0 Å². The van der Waals surface area contributed by atoms with E-state index in [1.165, 1.54) is 31.5 Å². The number of aryl methyl sites for hydroxylation is 1. The van der Waals surface area contributed by atoms with Gasteiger partial charge in [-0.15, -0.1) is 11.8 Å². The highest BCUT2D eigenvalue weighted by atomic mass is 32.2. The molecule has 0 spiro atoms. The Morgan fingerprint density at radius 3 is 2.20 bits per heavy atom. The van der Waals surface area contributed by atoms with E-state index in [2.05, 4.69) is 0 Å². The summed E-state index contributed by atoms with van der Waals surface area (Å²) in [6, 6.07) is 8.03. The molecule has 0 heterocycles. The Labute approximate surface area is 94.7 Å². The Hall–Kier alpha value is -0.280. The third-order valence-corrected chi connectivity index (χ3v) is 5.47. The van der Waals surface area contributed by atoms with Crippen molar-refractivity contribution in [2.24, 2.45) is 0 Å². The predicted octanol–water partition coefficient (Wildman–Crippen LogP) is 3.53. The first-order chi connectivity index (χ1) is 7.09. The molecule has 0 aliphatic heterocycles. The molecular weight excluding hydrogens is 231 g/mol. The highest BCUT2D eigenvalue weighted by Crippen LogP contribution is 2.50. The van der Waals surface area contributed by atoms with Crippen molar-refractivity contribution < 1.29 is 13.6 Å². The maximum atomic E-state index is 11.7. The Bertz CT molecular complexity index is 342. The van der Waals surface area contributed by atoms with Crippen LogP contribution in [0.15, 0.2) is 29.2 Å². The number of hydrogen-bond acceptors (Lipinski definition) is 4. The first kappa shape index (κ1) is 12.8. The molecule has 15 heavy (non-hydrogen) atoms. The maximum Gasteiger partial charge on any atom is 0.340 e. The van der Waals surface area contributed by atoms with E-state index in [0.717, 1.165) is 4.90 Å². The molecule has 0 fully saturated rings. The Morgan fingerprint density at radius 1 is 1.20 bits per heavy atom. The topological polar surface area (TPSA) is 35.5 Å². The van der Waals surface area contributed by atoms with Crippen LogP contribution in [0.1, 0.15) is 5.56 Å². The summed E-state index contributed by atoms with van der Waals surface area (Å²) < 4.78 is 21.4. The second kappa shape index (κ2) is 5.71. The fraction of sp³-hybridized carbons (Fsp3) is 0.400. The summed E-state index contributed by atoms with van der Waals surface area (Å²) in [5.41, 5.74) is 1.55. The molecule has 84 valence electrons. The lowest BCUT2D eigenvalue weighted by Crippen LogP contribution is -1.91. The smallest absolute Gasteiger partial charge is 0.311 e. The Kier molecular flexibility index (Phi) is 4.87. The minimum atomic E-state index is -2.90. The predicted molar refractivity (Wildman–Crippen MR) is 63.5 cm³/mol. The molecule has 5 heteroatoms. The maximum absolute atomic E-state index is 11.7. The van der Waals surface area contributed by atoms with Gasteiger partial charge in [0.1, 0.15) is 5.49 Å². The minimum absolute atomic E-state index is 0.336. The number of benzene rings is 1. The van der Waals surface area contributed by atoms with Crippen LogP contribution < -0.4 is 0 Å². The number of thioether (sulfide) groups is 1. The van der Waals surface area contributed by atoms with Gasteiger partial charge in [0.05, 0.1) is 0 Å². The molecule has 0 bridgehead atoms. The third kappa shape index (κ3) is 3.99. The molecule has 1 aromatic rings. The van der Waals surface area contributed by atoms with E-state index in [4.69, 9.17) is 9.05 Å². The van der Waals surface area contributed by atoms with Crippen molar-refractivity contribution in [2.75, 3.05) is 19.7 Å². The van der Waals surface area contributed by atoms with Crippen LogP contribution in [0.2, 0.25) is 0 Å². The SMILES string of the molecule is COP(=O)(CSc1ccc(C)cc1)OC. The van der Waals surface area contributed by atoms with Gasteiger partial charge in [-0.1, -0.05) is 17.7 Å². The molecule has 0 unspecified atom stereocenters. The summed E-state index contributed by atoms with van der Waals surface area (Å²) in [5.74, 6) is 0. The molecule has 0 amide bonds. The number of hydrogen-bond donors (Lipinski definition) is 0. The standard InChI is InChI=1S/C10H15O3PS/c1-9-4-6-10(7-5-9)15-8-14(11,12-2)13-3/h4-7H,8H2,1-3H3. The molecule has 0 saturated carbocycles. The second-order valence-electron chi connectivity index (χ2n) is 3.06. The Balaban J connectivity index is 2.57. The van der Waals surface area contributed by atoms with E-state index in [0.29, 0.717) is 5.49 Å². The largest absolute Gasteiger partial charge is 0.340 e. The lowest BCUT2D eigenvalue weighted by molar-refractivity contribution is 0.281. The molecule has 0 N–H and O–H groups in total. The summed E-state index contributed by atoms with van der Waals surface area (Å²) >= 11 is 1.47. The van der Waals surface area contributed by atoms with Crippen molar-refractivity contribution in [2.45, 2.75) is 11.8 Å². The molecule has 3 nitrogen and oxygen atoms in total. The lowest BCUT2D eigenvalue weighted by atomic mass is 10.2. The quantitative estimate of drug-likeness (QED) is 0.588. The molecule has 0 saturated heterocycles. The van der Waals surface area contributed by atoms with Crippen molar-refractivity contribution in [3.8, 4) is 0 Å². The first-order valence-corrected chi connectivity index (χ1v) is 7.21. The minimum Gasteiger partial charge on any atom is -0.311 e. The van der Waals surface area contributed by atoms with Crippen molar-refractivity contribution in [3.05, 3.63) is 29.8 Å². The van der Waals surface area contributed by atoms with Crippen LogP contribution in [-0.2, 0) is 13.6 Å². The lowest BCUT2D eigenvalue weighted by Gasteiger charge is -2.12. The fourth-order valence-corrected chi connectivity index (χ4v) is 3.52. The zero-order valence-electron chi connectivity index (χ0n) is 9.10. The highest BCUT2D eigenvalue weighted by molar-refractivity contribution is 8.04. The van der Waals surface area contributed by atoms with Crippen molar-refractivity contribution in [1.82, 2.24) is 0 Å². The van der Waals surface area contributed by atoms with Crippen LogP contribution >= 0.6 is 19.4 Å². The van der Waals surface area contributed by atoms with Gasteiger partial charge in [0.25, 0.3) is 0 Å². The van der Waals surface area contributed by atoms with Gasteiger partial charge in [0.15, 0.2) is 0 Å². The average molecular weight is 246 g/mol. The molecule has 0 radical (unpaired) electrons. The van der Waals surface area contributed by atoms with E-state index >= 15 is 0 Å². The molecule has 0 aromatic heterocycles. The third-order valence-electron chi connectivity index (χ3n) is 1.97. The average Bonchev–Trinajstić information content (AvgIpc) is 2.28. The van der Waals surface area contributed by atoms with Crippen LogP contribution in [0.25, 0.3) is 0 Å².